The molecule has 1 fully saturated rings. The minimum absolute atomic E-state index is 0.0874. The third-order valence-corrected chi connectivity index (χ3v) is 4.22. The highest BCUT2D eigenvalue weighted by atomic mass is 32.1. The Morgan fingerprint density at radius 1 is 1.55 bits per heavy atom. The van der Waals surface area contributed by atoms with Gasteiger partial charge in [-0.2, -0.15) is 0 Å². The van der Waals surface area contributed by atoms with Crippen molar-refractivity contribution in [2.24, 2.45) is 0 Å². The molecule has 106 valence electrons. The van der Waals surface area contributed by atoms with E-state index in [9.17, 15) is 4.79 Å². The van der Waals surface area contributed by atoms with Crippen molar-refractivity contribution in [3.05, 3.63) is 29.0 Å². The lowest BCUT2D eigenvalue weighted by molar-refractivity contribution is 0.0622. The Bertz CT molecular complexity index is 586. The summed E-state index contributed by atoms with van der Waals surface area (Å²) in [5.41, 5.74) is 0.479. The number of carbonyl (C=O) groups is 1. The minimum Gasteiger partial charge on any atom is -0.462 e. The van der Waals surface area contributed by atoms with Gasteiger partial charge in [0, 0.05) is 11.5 Å². The average molecular weight is 292 g/mol. The van der Waals surface area contributed by atoms with Crippen LogP contribution in [0.2, 0.25) is 0 Å². The van der Waals surface area contributed by atoms with E-state index in [1.165, 1.54) is 11.3 Å². The standard InChI is InChI=1S/C14H16N2O3S/c1-9-12(13(17)15-10-4-2-6-18-8-10)16-14(20-9)11-5-3-7-19-11/h3,5,7,10H,2,4,6,8H2,1H3,(H,15,17)/t10-/m0/s1. The van der Waals surface area contributed by atoms with E-state index in [0.717, 1.165) is 29.3 Å². The van der Waals surface area contributed by atoms with Crippen molar-refractivity contribution in [1.29, 1.82) is 0 Å². The van der Waals surface area contributed by atoms with Crippen LogP contribution in [0.25, 0.3) is 10.8 Å². The van der Waals surface area contributed by atoms with E-state index in [1.54, 1.807) is 6.26 Å². The summed E-state index contributed by atoms with van der Waals surface area (Å²) in [5, 5.41) is 3.72. The summed E-state index contributed by atoms with van der Waals surface area (Å²) in [6, 6.07) is 3.74. The Balaban J connectivity index is 1.74. The molecule has 20 heavy (non-hydrogen) atoms. The topological polar surface area (TPSA) is 64.4 Å². The molecule has 0 unspecified atom stereocenters. The normalized spacial score (nSPS) is 18.9. The zero-order valence-corrected chi connectivity index (χ0v) is 12.0. The first-order chi connectivity index (χ1) is 9.74. The van der Waals surface area contributed by atoms with Gasteiger partial charge < -0.3 is 14.5 Å². The van der Waals surface area contributed by atoms with E-state index >= 15 is 0 Å². The zero-order chi connectivity index (χ0) is 13.9. The Labute approximate surface area is 121 Å². The van der Waals surface area contributed by atoms with Gasteiger partial charge >= 0.3 is 0 Å². The summed E-state index contributed by atoms with van der Waals surface area (Å²) in [4.78, 5) is 17.5. The number of thiazole rings is 1. The molecule has 1 aliphatic heterocycles. The van der Waals surface area contributed by atoms with Gasteiger partial charge in [0.05, 0.1) is 18.9 Å². The zero-order valence-electron chi connectivity index (χ0n) is 11.2. The molecule has 3 heterocycles. The molecule has 1 aliphatic rings. The molecule has 1 saturated heterocycles. The fourth-order valence-corrected chi connectivity index (χ4v) is 3.10. The highest BCUT2D eigenvalue weighted by Gasteiger charge is 2.21. The maximum Gasteiger partial charge on any atom is 0.271 e. The molecule has 0 radical (unpaired) electrons. The highest BCUT2D eigenvalue weighted by molar-refractivity contribution is 7.15. The van der Waals surface area contributed by atoms with Gasteiger partial charge in [-0.1, -0.05) is 0 Å². The van der Waals surface area contributed by atoms with Gasteiger partial charge in [-0.15, -0.1) is 11.3 Å². The summed E-state index contributed by atoms with van der Waals surface area (Å²) in [6.45, 7) is 3.26. The average Bonchev–Trinajstić information content (AvgIpc) is 3.08. The lowest BCUT2D eigenvalue weighted by Gasteiger charge is -2.22. The number of hydrogen-bond acceptors (Lipinski definition) is 5. The summed E-state index contributed by atoms with van der Waals surface area (Å²) < 4.78 is 10.7. The van der Waals surface area contributed by atoms with Crippen molar-refractivity contribution in [3.63, 3.8) is 0 Å². The molecule has 1 atom stereocenters. The maximum absolute atomic E-state index is 12.3. The van der Waals surface area contributed by atoms with Crippen molar-refractivity contribution in [2.45, 2.75) is 25.8 Å². The molecule has 0 bridgehead atoms. The second-order valence-corrected chi connectivity index (χ2v) is 5.99. The summed E-state index contributed by atoms with van der Waals surface area (Å²) >= 11 is 1.47. The van der Waals surface area contributed by atoms with Gasteiger partial charge in [0.2, 0.25) is 0 Å². The lowest BCUT2D eigenvalue weighted by atomic mass is 10.1. The smallest absolute Gasteiger partial charge is 0.271 e. The molecule has 0 saturated carbocycles. The molecule has 1 N–H and O–H groups in total. The van der Waals surface area contributed by atoms with Crippen LogP contribution in [0.1, 0.15) is 28.2 Å². The van der Waals surface area contributed by atoms with Crippen LogP contribution >= 0.6 is 11.3 Å². The van der Waals surface area contributed by atoms with Gasteiger partial charge in [-0.3, -0.25) is 4.79 Å². The maximum atomic E-state index is 12.3. The van der Waals surface area contributed by atoms with Crippen molar-refractivity contribution in [2.75, 3.05) is 13.2 Å². The van der Waals surface area contributed by atoms with Gasteiger partial charge in [-0.05, 0) is 31.9 Å². The number of furan rings is 1. The molecule has 1 amide bonds. The number of aryl methyl sites for hydroxylation is 1. The number of hydrogen-bond donors (Lipinski definition) is 1. The van der Waals surface area contributed by atoms with Crippen LogP contribution in [0.5, 0.6) is 0 Å². The van der Waals surface area contributed by atoms with Crippen LogP contribution in [0.4, 0.5) is 0 Å². The molecule has 0 spiro atoms. The quantitative estimate of drug-likeness (QED) is 0.944. The van der Waals surface area contributed by atoms with E-state index in [2.05, 4.69) is 10.3 Å². The number of nitrogens with one attached hydrogen (secondary N) is 1. The number of rotatable bonds is 3. The predicted octanol–water partition coefficient (Wildman–Crippen LogP) is 2.62. The SMILES string of the molecule is Cc1sc(-c2ccco2)nc1C(=O)N[C@H]1CCCOC1. The number of amides is 1. The molecule has 5 nitrogen and oxygen atoms in total. The van der Waals surface area contributed by atoms with Crippen molar-refractivity contribution in [3.8, 4) is 10.8 Å². The van der Waals surface area contributed by atoms with E-state index in [4.69, 9.17) is 9.15 Å². The predicted molar refractivity (Wildman–Crippen MR) is 75.9 cm³/mol. The fourth-order valence-electron chi connectivity index (χ4n) is 2.22. The van der Waals surface area contributed by atoms with Crippen LogP contribution in [0.3, 0.4) is 0 Å². The Morgan fingerprint density at radius 3 is 3.15 bits per heavy atom. The monoisotopic (exact) mass is 292 g/mol. The van der Waals surface area contributed by atoms with E-state index in [-0.39, 0.29) is 11.9 Å². The second-order valence-electron chi connectivity index (χ2n) is 4.79. The lowest BCUT2D eigenvalue weighted by Crippen LogP contribution is -2.40. The number of nitrogens with zero attached hydrogens (tertiary/aromatic N) is 1. The van der Waals surface area contributed by atoms with Gasteiger partial charge in [0.25, 0.3) is 5.91 Å². The Hall–Kier alpha value is -1.66. The highest BCUT2D eigenvalue weighted by Crippen LogP contribution is 2.27. The molecule has 0 aliphatic carbocycles. The molecule has 0 aromatic carbocycles. The molecule has 2 aromatic rings. The molecule has 2 aromatic heterocycles. The second kappa shape index (κ2) is 5.76. The number of ether oxygens (including phenoxy) is 1. The van der Waals surface area contributed by atoms with Crippen LogP contribution in [-0.2, 0) is 4.74 Å². The Morgan fingerprint density at radius 2 is 2.45 bits per heavy atom. The summed E-state index contributed by atoms with van der Waals surface area (Å²) in [6.07, 6.45) is 3.55. The molecule has 6 heteroatoms. The Kier molecular flexibility index (Phi) is 3.84. The molecule has 3 rings (SSSR count). The van der Waals surface area contributed by atoms with E-state index in [0.29, 0.717) is 18.1 Å². The van der Waals surface area contributed by atoms with Crippen molar-refractivity contribution in [1.82, 2.24) is 10.3 Å². The minimum atomic E-state index is -0.132. The van der Waals surface area contributed by atoms with Crippen molar-refractivity contribution < 1.29 is 13.9 Å². The fraction of sp³-hybridized carbons (Fsp3) is 0.429. The van der Waals surface area contributed by atoms with E-state index in [1.807, 2.05) is 19.1 Å². The van der Waals surface area contributed by atoms with Crippen molar-refractivity contribution >= 4 is 17.2 Å². The first-order valence-electron chi connectivity index (χ1n) is 6.64. The summed E-state index contributed by atoms with van der Waals surface area (Å²) in [5.74, 6) is 0.560. The first-order valence-corrected chi connectivity index (χ1v) is 7.45. The van der Waals surface area contributed by atoms with Crippen LogP contribution in [0.15, 0.2) is 22.8 Å². The van der Waals surface area contributed by atoms with Gasteiger partial charge in [0.15, 0.2) is 10.8 Å². The van der Waals surface area contributed by atoms with Crippen LogP contribution < -0.4 is 5.32 Å². The number of aromatic nitrogens is 1. The van der Waals surface area contributed by atoms with Gasteiger partial charge in [0.1, 0.15) is 5.69 Å². The van der Waals surface area contributed by atoms with Gasteiger partial charge in [-0.25, -0.2) is 4.98 Å². The largest absolute Gasteiger partial charge is 0.462 e. The molecular formula is C14H16N2O3S. The third-order valence-electron chi connectivity index (χ3n) is 3.24. The first kappa shape index (κ1) is 13.3. The number of carbonyl (C=O) groups excluding carboxylic acids is 1. The third kappa shape index (κ3) is 2.76. The van der Waals surface area contributed by atoms with Crippen LogP contribution in [-0.4, -0.2) is 30.1 Å². The van der Waals surface area contributed by atoms with E-state index < -0.39 is 0 Å². The molecular weight excluding hydrogens is 276 g/mol. The summed E-state index contributed by atoms with van der Waals surface area (Å²) in [7, 11) is 0. The van der Waals surface area contributed by atoms with Crippen LogP contribution in [0, 0.1) is 6.92 Å².